The van der Waals surface area contributed by atoms with Gasteiger partial charge in [0.25, 0.3) is 0 Å². The van der Waals surface area contributed by atoms with Crippen molar-refractivity contribution in [3.8, 4) is 11.1 Å². The highest BCUT2D eigenvalue weighted by Crippen LogP contribution is 2.23. The Morgan fingerprint density at radius 2 is 1.21 bits per heavy atom. The average molecular weight is 381 g/mol. The molecular weight excluding hydrogens is 348 g/mol. The number of hydrogen-bond acceptors (Lipinski definition) is 0. The van der Waals surface area contributed by atoms with E-state index in [9.17, 15) is 0 Å². The largest absolute Gasteiger partial charge is 0.0988 e. The Bertz CT molecular complexity index is 936. The highest BCUT2D eigenvalue weighted by molar-refractivity contribution is 5.68. The first-order chi connectivity index (χ1) is 13.9. The Morgan fingerprint density at radius 1 is 0.759 bits per heavy atom. The molecule has 0 aliphatic heterocycles. The zero-order valence-electron chi connectivity index (χ0n) is 18.0. The van der Waals surface area contributed by atoms with Gasteiger partial charge in [0.15, 0.2) is 0 Å². The molecule has 0 nitrogen and oxygen atoms in total. The van der Waals surface area contributed by atoms with Crippen LogP contribution in [-0.4, -0.2) is 0 Å². The summed E-state index contributed by atoms with van der Waals surface area (Å²) in [7, 11) is 0. The van der Waals surface area contributed by atoms with Crippen LogP contribution in [0.3, 0.4) is 0 Å². The van der Waals surface area contributed by atoms with Gasteiger partial charge in [-0.3, -0.25) is 0 Å². The molecule has 148 valence electrons. The molecule has 0 spiro atoms. The summed E-state index contributed by atoms with van der Waals surface area (Å²) in [5.41, 5.74) is 9.91. The van der Waals surface area contributed by atoms with Crippen LogP contribution >= 0.6 is 0 Å². The number of allylic oxidation sites excluding steroid dienone is 3. The molecule has 0 atom stereocenters. The number of hydrogen-bond donors (Lipinski definition) is 0. The van der Waals surface area contributed by atoms with Crippen LogP contribution in [-0.2, 0) is 12.8 Å². The Hall–Kier alpha value is -3.12. The summed E-state index contributed by atoms with van der Waals surface area (Å²) in [6, 6.07) is 26.3. The van der Waals surface area contributed by atoms with Crippen LogP contribution in [0.1, 0.15) is 36.1 Å². The second-order valence-corrected chi connectivity index (χ2v) is 7.44. The highest BCUT2D eigenvalue weighted by Gasteiger charge is 2.03. The standard InChI is InChI=1S/C24H24.C5H8/c1-4-20-7-13-22(14-8-20)19(3)17-21-9-15-24(16-10-21)23-11-5-18(2)6-12-23;1-4-5(2)3/h5-16H,3-4,17H2,1-2H3;4H,1-2H2,3H3. The molecule has 3 aromatic rings. The molecule has 0 aliphatic rings. The molecule has 0 aliphatic carbocycles. The van der Waals surface area contributed by atoms with Crippen molar-refractivity contribution in [3.05, 3.63) is 126 Å². The van der Waals surface area contributed by atoms with Crippen LogP contribution in [0.5, 0.6) is 0 Å². The summed E-state index contributed by atoms with van der Waals surface area (Å²) in [6.45, 7) is 17.5. The van der Waals surface area contributed by atoms with Gasteiger partial charge in [0, 0.05) is 0 Å². The van der Waals surface area contributed by atoms with Gasteiger partial charge in [-0.1, -0.05) is 117 Å². The molecule has 0 N–H and O–H groups in total. The van der Waals surface area contributed by atoms with Gasteiger partial charge < -0.3 is 0 Å². The molecule has 0 saturated carbocycles. The minimum atomic E-state index is 0.889. The van der Waals surface area contributed by atoms with Crippen molar-refractivity contribution in [2.24, 2.45) is 0 Å². The van der Waals surface area contributed by atoms with E-state index in [1.807, 2.05) is 6.92 Å². The van der Waals surface area contributed by atoms with Gasteiger partial charge in [-0.25, -0.2) is 0 Å². The Kier molecular flexibility index (Phi) is 8.43. The van der Waals surface area contributed by atoms with Gasteiger partial charge in [-0.05, 0) is 60.1 Å². The summed E-state index contributed by atoms with van der Waals surface area (Å²) < 4.78 is 0. The maximum absolute atomic E-state index is 4.27. The quantitative estimate of drug-likeness (QED) is 0.378. The predicted octanol–water partition coefficient (Wildman–Crippen LogP) is 8.23. The zero-order valence-corrected chi connectivity index (χ0v) is 18.0. The lowest BCUT2D eigenvalue weighted by molar-refractivity contribution is 1.14. The van der Waals surface area contributed by atoms with E-state index < -0.39 is 0 Å². The van der Waals surface area contributed by atoms with Gasteiger partial charge in [0.1, 0.15) is 0 Å². The van der Waals surface area contributed by atoms with Crippen molar-refractivity contribution in [2.45, 2.75) is 33.6 Å². The molecule has 0 heteroatoms. The van der Waals surface area contributed by atoms with Gasteiger partial charge in [0.2, 0.25) is 0 Å². The van der Waals surface area contributed by atoms with Gasteiger partial charge in [-0.2, -0.15) is 0 Å². The molecule has 0 heterocycles. The van der Waals surface area contributed by atoms with Crippen molar-refractivity contribution in [1.29, 1.82) is 0 Å². The number of benzene rings is 3. The van der Waals surface area contributed by atoms with Crippen LogP contribution in [0.4, 0.5) is 0 Å². The van der Waals surface area contributed by atoms with Gasteiger partial charge in [-0.15, -0.1) is 0 Å². The van der Waals surface area contributed by atoms with E-state index in [1.165, 1.54) is 39.0 Å². The number of rotatable bonds is 6. The molecule has 3 aromatic carbocycles. The van der Waals surface area contributed by atoms with Crippen molar-refractivity contribution in [1.82, 2.24) is 0 Å². The molecule has 0 saturated heterocycles. The first-order valence-electron chi connectivity index (χ1n) is 10.1. The minimum Gasteiger partial charge on any atom is -0.0988 e. The van der Waals surface area contributed by atoms with E-state index in [4.69, 9.17) is 0 Å². The molecule has 0 fully saturated rings. The lowest BCUT2D eigenvalue weighted by Gasteiger charge is -2.09. The van der Waals surface area contributed by atoms with E-state index in [0.717, 1.165) is 18.4 Å². The van der Waals surface area contributed by atoms with E-state index in [-0.39, 0.29) is 0 Å². The molecule has 0 radical (unpaired) electrons. The topological polar surface area (TPSA) is 0 Å². The van der Waals surface area contributed by atoms with E-state index in [0.29, 0.717) is 0 Å². The van der Waals surface area contributed by atoms with Crippen molar-refractivity contribution < 1.29 is 0 Å². The Morgan fingerprint density at radius 3 is 1.66 bits per heavy atom. The summed E-state index contributed by atoms with van der Waals surface area (Å²) in [6.07, 6.45) is 3.69. The lowest BCUT2D eigenvalue weighted by atomic mass is 9.96. The third-order valence-corrected chi connectivity index (χ3v) is 4.88. The maximum atomic E-state index is 4.27. The zero-order chi connectivity index (χ0) is 21.2. The smallest absolute Gasteiger partial charge is 0.00257 e. The third-order valence-electron chi connectivity index (χ3n) is 4.88. The summed E-state index contributed by atoms with van der Waals surface area (Å²) in [4.78, 5) is 0. The van der Waals surface area contributed by atoms with Crippen molar-refractivity contribution in [3.63, 3.8) is 0 Å². The highest BCUT2D eigenvalue weighted by atomic mass is 14.1. The molecule has 29 heavy (non-hydrogen) atoms. The van der Waals surface area contributed by atoms with Gasteiger partial charge >= 0.3 is 0 Å². The fourth-order valence-corrected chi connectivity index (χ4v) is 2.89. The molecule has 3 rings (SSSR count). The summed E-state index contributed by atoms with van der Waals surface area (Å²) in [5, 5.41) is 0. The van der Waals surface area contributed by atoms with Crippen LogP contribution in [0, 0.1) is 6.92 Å². The molecule has 0 amide bonds. The normalized spacial score (nSPS) is 9.90. The van der Waals surface area contributed by atoms with Crippen LogP contribution in [0.2, 0.25) is 0 Å². The second-order valence-electron chi connectivity index (χ2n) is 7.44. The predicted molar refractivity (Wildman–Crippen MR) is 130 cm³/mol. The summed E-state index contributed by atoms with van der Waals surface area (Å²) in [5.74, 6) is 0. The second kappa shape index (κ2) is 11.0. The van der Waals surface area contributed by atoms with Crippen LogP contribution in [0.15, 0.2) is 104 Å². The first kappa shape index (κ1) is 22.2. The average Bonchev–Trinajstić information content (AvgIpc) is 2.75. The van der Waals surface area contributed by atoms with Crippen LogP contribution in [0.25, 0.3) is 16.7 Å². The first-order valence-corrected chi connectivity index (χ1v) is 10.1. The van der Waals surface area contributed by atoms with Crippen molar-refractivity contribution >= 4 is 5.57 Å². The lowest BCUT2D eigenvalue weighted by Crippen LogP contribution is -1.91. The fraction of sp³-hybridized carbons (Fsp3) is 0.172. The minimum absolute atomic E-state index is 0.889. The Balaban J connectivity index is 0.000000537. The number of aryl methyl sites for hydroxylation is 2. The monoisotopic (exact) mass is 380 g/mol. The van der Waals surface area contributed by atoms with Crippen molar-refractivity contribution in [2.75, 3.05) is 0 Å². The molecular formula is C29H32. The molecule has 0 bridgehead atoms. The molecule has 0 aromatic heterocycles. The van der Waals surface area contributed by atoms with E-state index >= 15 is 0 Å². The molecule has 0 unspecified atom stereocenters. The summed E-state index contributed by atoms with van der Waals surface area (Å²) >= 11 is 0. The fourth-order valence-electron chi connectivity index (χ4n) is 2.89. The van der Waals surface area contributed by atoms with E-state index in [2.05, 4.69) is 106 Å². The van der Waals surface area contributed by atoms with Gasteiger partial charge in [0.05, 0.1) is 0 Å². The SMILES string of the molecule is C=C(Cc1ccc(-c2ccc(C)cc2)cc1)c1ccc(CC)cc1.C=CC(=C)C. The van der Waals surface area contributed by atoms with Crippen LogP contribution < -0.4 is 0 Å². The Labute approximate surface area is 176 Å². The third kappa shape index (κ3) is 7.08. The van der Waals surface area contributed by atoms with E-state index in [1.54, 1.807) is 6.08 Å². The maximum Gasteiger partial charge on any atom is -0.00257 e.